The normalized spacial score (nSPS) is 10.7. The minimum absolute atomic E-state index is 0.494. The Kier molecular flexibility index (Phi) is 3.13. The highest BCUT2D eigenvalue weighted by Crippen LogP contribution is 2.29. The van der Waals surface area contributed by atoms with Gasteiger partial charge in [-0.05, 0) is 36.4 Å². The van der Waals surface area contributed by atoms with E-state index in [4.69, 9.17) is 28.5 Å². The van der Waals surface area contributed by atoms with Crippen molar-refractivity contribution in [1.82, 2.24) is 9.55 Å². The van der Waals surface area contributed by atoms with Gasteiger partial charge in [0.1, 0.15) is 5.82 Å². The quantitative estimate of drug-likeness (QED) is 0.667. The second-order valence-electron chi connectivity index (χ2n) is 4.44. The Labute approximate surface area is 126 Å². The van der Waals surface area contributed by atoms with Gasteiger partial charge in [0, 0.05) is 12.6 Å². The lowest BCUT2D eigenvalue weighted by atomic mass is 10.2. The zero-order chi connectivity index (χ0) is 14.3. The number of aromatic nitrogens is 2. The minimum atomic E-state index is 0.494. The Hall–Kier alpha value is -2.02. The van der Waals surface area contributed by atoms with Crippen molar-refractivity contribution >= 4 is 34.2 Å². The number of imidazole rings is 1. The van der Waals surface area contributed by atoms with Gasteiger partial charge in [0.05, 0.1) is 32.7 Å². The average Bonchev–Trinajstić information content (AvgIpc) is 2.78. The van der Waals surface area contributed by atoms with Gasteiger partial charge in [-0.15, -0.1) is 0 Å². The SMILES string of the molecule is Cn1c(-c2ccc(Cl)c(Cl)c2)nc2cc(C#N)ccc21. The molecule has 98 valence electrons. The van der Waals surface area contributed by atoms with Crippen LogP contribution in [-0.4, -0.2) is 9.55 Å². The maximum Gasteiger partial charge on any atom is 0.140 e. The van der Waals surface area contributed by atoms with Gasteiger partial charge in [0.15, 0.2) is 0 Å². The average molecular weight is 302 g/mol. The molecule has 0 saturated heterocycles. The molecule has 5 heteroatoms. The van der Waals surface area contributed by atoms with E-state index in [2.05, 4.69) is 11.1 Å². The van der Waals surface area contributed by atoms with E-state index in [0.717, 1.165) is 22.4 Å². The maximum absolute atomic E-state index is 8.94. The van der Waals surface area contributed by atoms with E-state index in [1.54, 1.807) is 24.3 Å². The Morgan fingerprint density at radius 2 is 1.90 bits per heavy atom. The lowest BCUT2D eigenvalue weighted by Crippen LogP contribution is -1.92. The third-order valence-corrected chi connectivity index (χ3v) is 3.93. The number of halogens is 2. The Balaban J connectivity index is 2.23. The van der Waals surface area contributed by atoms with Gasteiger partial charge in [-0.2, -0.15) is 5.26 Å². The standard InChI is InChI=1S/C15H9Cl2N3/c1-20-14-5-2-9(8-18)6-13(14)19-15(20)10-3-4-11(16)12(17)7-10/h2-7H,1H3. The van der Waals surface area contributed by atoms with Gasteiger partial charge in [-0.3, -0.25) is 0 Å². The Bertz CT molecular complexity index is 859. The van der Waals surface area contributed by atoms with Gasteiger partial charge < -0.3 is 4.57 Å². The highest BCUT2D eigenvalue weighted by molar-refractivity contribution is 6.42. The molecule has 20 heavy (non-hydrogen) atoms. The number of rotatable bonds is 1. The first-order valence-corrected chi connectivity index (χ1v) is 6.68. The van der Waals surface area contributed by atoms with Gasteiger partial charge in [-0.1, -0.05) is 23.2 Å². The molecule has 0 fully saturated rings. The molecule has 0 atom stereocenters. The fourth-order valence-corrected chi connectivity index (χ4v) is 2.46. The van der Waals surface area contributed by atoms with Crippen molar-refractivity contribution in [3.8, 4) is 17.5 Å². The van der Waals surface area contributed by atoms with Crippen molar-refractivity contribution in [1.29, 1.82) is 5.26 Å². The zero-order valence-corrected chi connectivity index (χ0v) is 12.1. The third kappa shape index (κ3) is 2.03. The van der Waals surface area contributed by atoms with E-state index >= 15 is 0 Å². The molecule has 0 unspecified atom stereocenters. The zero-order valence-electron chi connectivity index (χ0n) is 10.6. The Morgan fingerprint density at radius 3 is 2.60 bits per heavy atom. The molecule has 2 aromatic carbocycles. The first kappa shape index (κ1) is 13.0. The van der Waals surface area contributed by atoms with Crippen molar-refractivity contribution in [2.24, 2.45) is 7.05 Å². The summed E-state index contributed by atoms with van der Waals surface area (Å²) in [6.45, 7) is 0. The van der Waals surface area contributed by atoms with Crippen LogP contribution >= 0.6 is 23.2 Å². The predicted molar refractivity (Wildman–Crippen MR) is 80.9 cm³/mol. The summed E-state index contributed by atoms with van der Waals surface area (Å²) >= 11 is 12.0. The maximum atomic E-state index is 8.94. The molecule has 0 N–H and O–H groups in total. The topological polar surface area (TPSA) is 41.6 Å². The largest absolute Gasteiger partial charge is 0.327 e. The molecule has 0 amide bonds. The molecule has 0 radical (unpaired) electrons. The van der Waals surface area contributed by atoms with Gasteiger partial charge in [0.2, 0.25) is 0 Å². The van der Waals surface area contributed by atoms with Crippen LogP contribution in [-0.2, 0) is 7.05 Å². The summed E-state index contributed by atoms with van der Waals surface area (Å²) in [4.78, 5) is 4.57. The summed E-state index contributed by atoms with van der Waals surface area (Å²) in [7, 11) is 1.93. The molecular formula is C15H9Cl2N3. The second-order valence-corrected chi connectivity index (χ2v) is 5.25. The summed E-state index contributed by atoms with van der Waals surface area (Å²) < 4.78 is 1.97. The smallest absolute Gasteiger partial charge is 0.140 e. The lowest BCUT2D eigenvalue weighted by molar-refractivity contribution is 0.959. The lowest BCUT2D eigenvalue weighted by Gasteiger charge is -2.04. The number of hydrogen-bond donors (Lipinski definition) is 0. The molecule has 0 aliphatic heterocycles. The monoisotopic (exact) mass is 301 g/mol. The van der Waals surface area contributed by atoms with Gasteiger partial charge >= 0.3 is 0 Å². The fourth-order valence-electron chi connectivity index (χ4n) is 2.16. The van der Waals surface area contributed by atoms with E-state index in [1.165, 1.54) is 0 Å². The summed E-state index contributed by atoms with van der Waals surface area (Å²) in [5.41, 5.74) is 3.23. The number of nitriles is 1. The molecular weight excluding hydrogens is 293 g/mol. The molecule has 1 aromatic heterocycles. The van der Waals surface area contributed by atoms with E-state index < -0.39 is 0 Å². The number of aryl methyl sites for hydroxylation is 1. The molecule has 0 aliphatic carbocycles. The second kappa shape index (κ2) is 4.82. The number of benzene rings is 2. The van der Waals surface area contributed by atoms with Crippen LogP contribution in [0, 0.1) is 11.3 Å². The van der Waals surface area contributed by atoms with Crippen LogP contribution in [0.5, 0.6) is 0 Å². The van der Waals surface area contributed by atoms with E-state index in [0.29, 0.717) is 15.6 Å². The Morgan fingerprint density at radius 1 is 1.10 bits per heavy atom. The summed E-state index contributed by atoms with van der Waals surface area (Å²) in [5.74, 6) is 0.786. The van der Waals surface area contributed by atoms with Crippen molar-refractivity contribution in [3.63, 3.8) is 0 Å². The first-order valence-electron chi connectivity index (χ1n) is 5.92. The molecule has 3 rings (SSSR count). The molecule has 3 nitrogen and oxygen atoms in total. The van der Waals surface area contributed by atoms with Gasteiger partial charge in [-0.25, -0.2) is 4.98 Å². The summed E-state index contributed by atoms with van der Waals surface area (Å²) in [6, 6.07) is 13.0. The van der Waals surface area contributed by atoms with Crippen molar-refractivity contribution in [3.05, 3.63) is 52.0 Å². The number of fused-ring (bicyclic) bond motifs is 1. The first-order chi connectivity index (χ1) is 9.60. The van der Waals surface area contributed by atoms with E-state index in [1.807, 2.05) is 23.7 Å². The van der Waals surface area contributed by atoms with Crippen LogP contribution in [0.1, 0.15) is 5.56 Å². The van der Waals surface area contributed by atoms with Crippen LogP contribution in [0.2, 0.25) is 10.0 Å². The van der Waals surface area contributed by atoms with Crippen LogP contribution in [0.4, 0.5) is 0 Å². The highest BCUT2D eigenvalue weighted by Gasteiger charge is 2.11. The predicted octanol–water partition coefficient (Wildman–Crippen LogP) is 4.42. The molecule has 0 aliphatic rings. The molecule has 0 bridgehead atoms. The van der Waals surface area contributed by atoms with E-state index in [-0.39, 0.29) is 0 Å². The molecule has 0 spiro atoms. The molecule has 0 saturated carbocycles. The third-order valence-electron chi connectivity index (χ3n) is 3.19. The van der Waals surface area contributed by atoms with Crippen LogP contribution in [0.3, 0.4) is 0 Å². The molecule has 1 heterocycles. The van der Waals surface area contributed by atoms with Crippen molar-refractivity contribution in [2.45, 2.75) is 0 Å². The van der Waals surface area contributed by atoms with Crippen LogP contribution < -0.4 is 0 Å². The van der Waals surface area contributed by atoms with Crippen molar-refractivity contribution < 1.29 is 0 Å². The number of hydrogen-bond acceptors (Lipinski definition) is 2. The van der Waals surface area contributed by atoms with Crippen LogP contribution in [0.15, 0.2) is 36.4 Å². The van der Waals surface area contributed by atoms with Gasteiger partial charge in [0.25, 0.3) is 0 Å². The van der Waals surface area contributed by atoms with Crippen LogP contribution in [0.25, 0.3) is 22.4 Å². The fraction of sp³-hybridized carbons (Fsp3) is 0.0667. The summed E-state index contributed by atoms with van der Waals surface area (Å²) in [6.07, 6.45) is 0. The highest BCUT2D eigenvalue weighted by atomic mass is 35.5. The summed E-state index contributed by atoms with van der Waals surface area (Å²) in [5, 5.41) is 9.95. The molecule has 3 aromatic rings. The number of nitrogens with zero attached hydrogens (tertiary/aromatic N) is 3. The minimum Gasteiger partial charge on any atom is -0.327 e. The van der Waals surface area contributed by atoms with Crippen molar-refractivity contribution in [2.75, 3.05) is 0 Å². The van der Waals surface area contributed by atoms with E-state index in [9.17, 15) is 0 Å².